The van der Waals surface area contributed by atoms with Gasteiger partial charge >= 0.3 is 0 Å². The number of nitrogens with one attached hydrogen (secondary N) is 1. The summed E-state index contributed by atoms with van der Waals surface area (Å²) in [6.45, 7) is 6.80. The summed E-state index contributed by atoms with van der Waals surface area (Å²) in [6, 6.07) is 7.56. The Morgan fingerprint density at radius 2 is 2.11 bits per heavy atom. The van der Waals surface area contributed by atoms with E-state index in [2.05, 4.69) is 41.2 Å². The van der Waals surface area contributed by atoms with Crippen LogP contribution in [0.4, 0.5) is 5.82 Å². The van der Waals surface area contributed by atoms with E-state index in [-0.39, 0.29) is 0 Å². The van der Waals surface area contributed by atoms with Crippen molar-refractivity contribution in [2.75, 3.05) is 18.0 Å². The van der Waals surface area contributed by atoms with Crippen molar-refractivity contribution >= 4 is 5.82 Å². The first-order chi connectivity index (χ1) is 9.33. The summed E-state index contributed by atoms with van der Waals surface area (Å²) in [6.07, 6.45) is 8.17. The quantitative estimate of drug-likeness (QED) is 0.852. The molecule has 1 unspecified atom stereocenters. The lowest BCUT2D eigenvalue weighted by atomic mass is 10.0. The molecular formula is C16H27N3. The molecule has 1 aliphatic rings. The van der Waals surface area contributed by atoms with Gasteiger partial charge in [-0.3, -0.25) is 0 Å². The summed E-state index contributed by atoms with van der Waals surface area (Å²) < 4.78 is 0. The number of pyridine rings is 1. The van der Waals surface area contributed by atoms with Gasteiger partial charge in [-0.25, -0.2) is 4.98 Å². The van der Waals surface area contributed by atoms with Crippen molar-refractivity contribution in [2.24, 2.45) is 0 Å². The first-order valence-electron chi connectivity index (χ1n) is 7.75. The summed E-state index contributed by atoms with van der Waals surface area (Å²) in [7, 11) is 0. The number of hydrogen-bond acceptors (Lipinski definition) is 3. The van der Waals surface area contributed by atoms with Crippen LogP contribution in [0.3, 0.4) is 0 Å². The Hall–Kier alpha value is -1.09. The van der Waals surface area contributed by atoms with Crippen LogP contribution in [0.2, 0.25) is 0 Å². The van der Waals surface area contributed by atoms with Crippen LogP contribution in [0.15, 0.2) is 24.4 Å². The Morgan fingerprint density at radius 3 is 2.68 bits per heavy atom. The lowest BCUT2D eigenvalue weighted by molar-refractivity contribution is 0.346. The molecule has 19 heavy (non-hydrogen) atoms. The van der Waals surface area contributed by atoms with E-state index in [1.54, 1.807) is 0 Å². The lowest BCUT2D eigenvalue weighted by Gasteiger charge is -2.35. The largest absolute Gasteiger partial charge is 0.357 e. The minimum atomic E-state index is 0.691. The zero-order valence-electron chi connectivity index (χ0n) is 12.3. The summed E-state index contributed by atoms with van der Waals surface area (Å²) >= 11 is 0. The maximum atomic E-state index is 4.44. The second-order valence-electron chi connectivity index (χ2n) is 5.51. The Balaban J connectivity index is 1.79. The van der Waals surface area contributed by atoms with Crippen molar-refractivity contribution in [3.63, 3.8) is 0 Å². The number of piperidine rings is 1. The molecule has 0 bridgehead atoms. The lowest BCUT2D eigenvalue weighted by Crippen LogP contribution is -2.46. The standard InChI is InChI=1S/C16H27N3/c1-3-7-14(4-2)18-15-9-12-19(13-10-15)16-8-5-6-11-17-16/h5-6,8,11,14-15,18H,3-4,7,9-10,12-13H2,1-2H3. The Bertz CT molecular complexity index is 344. The molecule has 0 amide bonds. The molecule has 1 aromatic rings. The number of anilines is 1. The normalized spacial score (nSPS) is 18.5. The molecule has 106 valence electrons. The van der Waals surface area contributed by atoms with E-state index >= 15 is 0 Å². The van der Waals surface area contributed by atoms with Gasteiger partial charge in [-0.2, -0.15) is 0 Å². The molecule has 1 atom stereocenters. The fraction of sp³-hybridized carbons (Fsp3) is 0.688. The molecule has 0 aromatic carbocycles. The van der Waals surface area contributed by atoms with Gasteiger partial charge in [-0.05, 0) is 37.8 Å². The third-order valence-corrected chi connectivity index (χ3v) is 4.07. The monoisotopic (exact) mass is 261 g/mol. The average molecular weight is 261 g/mol. The van der Waals surface area contributed by atoms with Gasteiger partial charge in [-0.15, -0.1) is 0 Å². The Morgan fingerprint density at radius 1 is 1.32 bits per heavy atom. The topological polar surface area (TPSA) is 28.2 Å². The van der Waals surface area contributed by atoms with E-state index in [9.17, 15) is 0 Å². The summed E-state index contributed by atoms with van der Waals surface area (Å²) in [5.41, 5.74) is 0. The Labute approximate surface area is 117 Å². The number of nitrogens with zero attached hydrogens (tertiary/aromatic N) is 2. The van der Waals surface area contributed by atoms with E-state index in [1.807, 2.05) is 12.3 Å². The number of rotatable bonds is 6. The van der Waals surface area contributed by atoms with Crippen LogP contribution in [0.5, 0.6) is 0 Å². The number of aromatic nitrogens is 1. The Kier molecular flexibility index (Phi) is 5.64. The van der Waals surface area contributed by atoms with Crippen LogP contribution < -0.4 is 10.2 Å². The highest BCUT2D eigenvalue weighted by atomic mass is 15.2. The molecule has 2 heterocycles. The van der Waals surface area contributed by atoms with Crippen molar-refractivity contribution < 1.29 is 0 Å². The molecule has 1 aromatic heterocycles. The maximum Gasteiger partial charge on any atom is 0.128 e. The summed E-state index contributed by atoms with van der Waals surface area (Å²) in [4.78, 5) is 6.84. The SMILES string of the molecule is CCCC(CC)NC1CCN(c2ccccn2)CC1. The molecule has 3 heteroatoms. The van der Waals surface area contributed by atoms with Crippen LogP contribution in [0.1, 0.15) is 46.0 Å². The molecule has 3 nitrogen and oxygen atoms in total. The van der Waals surface area contributed by atoms with Crippen molar-refractivity contribution in [3.05, 3.63) is 24.4 Å². The second-order valence-corrected chi connectivity index (χ2v) is 5.51. The van der Waals surface area contributed by atoms with E-state index in [4.69, 9.17) is 0 Å². The van der Waals surface area contributed by atoms with Crippen molar-refractivity contribution in [3.8, 4) is 0 Å². The van der Waals surface area contributed by atoms with Gasteiger partial charge in [0.15, 0.2) is 0 Å². The van der Waals surface area contributed by atoms with Crippen LogP contribution in [-0.2, 0) is 0 Å². The average Bonchev–Trinajstić information content (AvgIpc) is 2.48. The van der Waals surface area contributed by atoms with Gasteiger partial charge in [0.1, 0.15) is 5.82 Å². The molecule has 1 fully saturated rings. The molecule has 0 radical (unpaired) electrons. The molecule has 0 saturated carbocycles. The highest BCUT2D eigenvalue weighted by Gasteiger charge is 2.21. The second kappa shape index (κ2) is 7.49. The first kappa shape index (κ1) is 14.3. The summed E-state index contributed by atoms with van der Waals surface area (Å²) in [5.74, 6) is 1.13. The van der Waals surface area contributed by atoms with Crippen molar-refractivity contribution in [1.82, 2.24) is 10.3 Å². The highest BCUT2D eigenvalue weighted by Crippen LogP contribution is 2.18. The minimum absolute atomic E-state index is 0.691. The zero-order chi connectivity index (χ0) is 13.5. The predicted molar refractivity (Wildman–Crippen MR) is 81.6 cm³/mol. The molecule has 1 N–H and O–H groups in total. The minimum Gasteiger partial charge on any atom is -0.357 e. The van der Waals surface area contributed by atoms with E-state index in [1.165, 1.54) is 32.1 Å². The van der Waals surface area contributed by atoms with Gasteiger partial charge in [0, 0.05) is 31.4 Å². The van der Waals surface area contributed by atoms with Gasteiger partial charge in [0.2, 0.25) is 0 Å². The van der Waals surface area contributed by atoms with Gasteiger partial charge < -0.3 is 10.2 Å². The molecule has 0 aliphatic carbocycles. The predicted octanol–water partition coefficient (Wildman–Crippen LogP) is 3.22. The smallest absolute Gasteiger partial charge is 0.128 e. The summed E-state index contributed by atoms with van der Waals surface area (Å²) in [5, 5.41) is 3.83. The molecule has 0 spiro atoms. The van der Waals surface area contributed by atoms with Crippen LogP contribution >= 0.6 is 0 Å². The van der Waals surface area contributed by atoms with Crippen LogP contribution in [0.25, 0.3) is 0 Å². The van der Waals surface area contributed by atoms with Crippen LogP contribution in [-0.4, -0.2) is 30.2 Å². The fourth-order valence-electron chi connectivity index (χ4n) is 2.90. The van der Waals surface area contributed by atoms with E-state index in [0.717, 1.165) is 18.9 Å². The van der Waals surface area contributed by atoms with Crippen molar-refractivity contribution in [2.45, 2.75) is 58.0 Å². The first-order valence-corrected chi connectivity index (χ1v) is 7.75. The van der Waals surface area contributed by atoms with E-state index in [0.29, 0.717) is 12.1 Å². The van der Waals surface area contributed by atoms with Gasteiger partial charge in [-0.1, -0.05) is 26.3 Å². The van der Waals surface area contributed by atoms with Crippen molar-refractivity contribution in [1.29, 1.82) is 0 Å². The molecule has 2 rings (SSSR count). The zero-order valence-corrected chi connectivity index (χ0v) is 12.3. The fourth-order valence-corrected chi connectivity index (χ4v) is 2.90. The third-order valence-electron chi connectivity index (χ3n) is 4.07. The third kappa shape index (κ3) is 4.20. The number of hydrogen-bond donors (Lipinski definition) is 1. The molecule has 1 saturated heterocycles. The maximum absolute atomic E-state index is 4.44. The van der Waals surface area contributed by atoms with Gasteiger partial charge in [0.25, 0.3) is 0 Å². The molecular weight excluding hydrogens is 234 g/mol. The van der Waals surface area contributed by atoms with Gasteiger partial charge in [0.05, 0.1) is 0 Å². The van der Waals surface area contributed by atoms with Crippen LogP contribution in [0, 0.1) is 0 Å². The highest BCUT2D eigenvalue weighted by molar-refractivity contribution is 5.38. The molecule has 1 aliphatic heterocycles. The van der Waals surface area contributed by atoms with E-state index < -0.39 is 0 Å².